The predicted octanol–water partition coefficient (Wildman–Crippen LogP) is 3.57. The first kappa shape index (κ1) is 25.7. The number of amides is 2. The number of anilines is 1. The standard InChI is InChI=1S/C25H32N2O6/c1-15(2)13-32-20-8-7-19(11-21(20)31-6)25(30)33-14-23(29)26-12-22(28)27-24-17(4)9-16(3)10-18(24)5/h7-11,15H,12-14H2,1-6H3,(H,26,29)(H,27,28). The number of rotatable bonds is 10. The van der Waals surface area contributed by atoms with E-state index in [9.17, 15) is 14.4 Å². The summed E-state index contributed by atoms with van der Waals surface area (Å²) in [5.41, 5.74) is 3.93. The van der Waals surface area contributed by atoms with Crippen LogP contribution in [0.5, 0.6) is 11.5 Å². The third kappa shape index (κ3) is 7.82. The number of nitrogens with one attached hydrogen (secondary N) is 2. The number of carbonyl (C=O) groups is 3. The van der Waals surface area contributed by atoms with Gasteiger partial charge in [-0.05, 0) is 56.0 Å². The van der Waals surface area contributed by atoms with Crippen LogP contribution in [0.1, 0.15) is 40.9 Å². The second-order valence-corrected chi connectivity index (χ2v) is 8.25. The first-order valence-electron chi connectivity index (χ1n) is 10.7. The average Bonchev–Trinajstić information content (AvgIpc) is 2.76. The van der Waals surface area contributed by atoms with Crippen molar-refractivity contribution >= 4 is 23.5 Å². The van der Waals surface area contributed by atoms with Crippen molar-refractivity contribution in [1.82, 2.24) is 5.32 Å². The molecule has 0 saturated heterocycles. The van der Waals surface area contributed by atoms with Crippen LogP contribution in [0.2, 0.25) is 0 Å². The van der Waals surface area contributed by atoms with Gasteiger partial charge in [0.1, 0.15) is 0 Å². The summed E-state index contributed by atoms with van der Waals surface area (Å²) in [4.78, 5) is 36.5. The molecule has 178 valence electrons. The Labute approximate surface area is 194 Å². The normalized spacial score (nSPS) is 10.5. The lowest BCUT2D eigenvalue weighted by atomic mass is 10.1. The van der Waals surface area contributed by atoms with E-state index in [1.807, 2.05) is 46.8 Å². The van der Waals surface area contributed by atoms with E-state index in [1.54, 1.807) is 6.07 Å². The SMILES string of the molecule is COc1cc(C(=O)OCC(=O)NCC(=O)Nc2c(C)cc(C)cc2C)ccc1OCC(C)C. The highest BCUT2D eigenvalue weighted by Crippen LogP contribution is 2.28. The van der Waals surface area contributed by atoms with Crippen molar-refractivity contribution in [1.29, 1.82) is 0 Å². The molecular formula is C25H32N2O6. The lowest BCUT2D eigenvalue weighted by Crippen LogP contribution is -2.35. The van der Waals surface area contributed by atoms with Crippen molar-refractivity contribution < 1.29 is 28.6 Å². The van der Waals surface area contributed by atoms with E-state index >= 15 is 0 Å². The molecule has 8 nitrogen and oxygen atoms in total. The van der Waals surface area contributed by atoms with E-state index < -0.39 is 18.5 Å². The molecule has 0 aliphatic rings. The molecule has 0 atom stereocenters. The maximum atomic E-state index is 12.3. The Balaban J connectivity index is 1.84. The summed E-state index contributed by atoms with van der Waals surface area (Å²) in [6, 6.07) is 8.60. The van der Waals surface area contributed by atoms with Gasteiger partial charge in [0.2, 0.25) is 5.91 Å². The van der Waals surface area contributed by atoms with E-state index in [2.05, 4.69) is 10.6 Å². The predicted molar refractivity (Wildman–Crippen MR) is 126 cm³/mol. The molecule has 2 N–H and O–H groups in total. The minimum Gasteiger partial charge on any atom is -0.493 e. The number of hydrogen-bond donors (Lipinski definition) is 2. The molecule has 2 amide bonds. The fourth-order valence-corrected chi connectivity index (χ4v) is 3.18. The maximum Gasteiger partial charge on any atom is 0.338 e. The molecule has 0 radical (unpaired) electrons. The molecule has 2 rings (SSSR count). The van der Waals surface area contributed by atoms with Crippen LogP contribution in [-0.2, 0) is 14.3 Å². The Kier molecular flexibility index (Phi) is 9.27. The smallest absolute Gasteiger partial charge is 0.338 e. The first-order chi connectivity index (χ1) is 15.6. The summed E-state index contributed by atoms with van der Waals surface area (Å²) in [5, 5.41) is 5.25. The second kappa shape index (κ2) is 11.9. The summed E-state index contributed by atoms with van der Waals surface area (Å²) in [6.07, 6.45) is 0. The molecule has 0 aromatic heterocycles. The van der Waals surface area contributed by atoms with Crippen molar-refractivity contribution in [3.63, 3.8) is 0 Å². The zero-order chi connectivity index (χ0) is 24.5. The molecular weight excluding hydrogens is 424 g/mol. The third-order valence-electron chi connectivity index (χ3n) is 4.69. The molecule has 8 heteroatoms. The van der Waals surface area contributed by atoms with Gasteiger partial charge < -0.3 is 24.8 Å². The Hall–Kier alpha value is -3.55. The zero-order valence-corrected chi connectivity index (χ0v) is 20.0. The van der Waals surface area contributed by atoms with Crippen LogP contribution < -0.4 is 20.1 Å². The van der Waals surface area contributed by atoms with Crippen LogP contribution in [-0.4, -0.2) is 44.7 Å². The molecule has 2 aromatic rings. The molecule has 0 spiro atoms. The van der Waals surface area contributed by atoms with Gasteiger partial charge in [-0.25, -0.2) is 4.79 Å². The summed E-state index contributed by atoms with van der Waals surface area (Å²) >= 11 is 0. The fraction of sp³-hybridized carbons (Fsp3) is 0.400. The number of methoxy groups -OCH3 is 1. The van der Waals surface area contributed by atoms with Crippen LogP contribution in [0.4, 0.5) is 5.69 Å². The van der Waals surface area contributed by atoms with Crippen LogP contribution >= 0.6 is 0 Å². The monoisotopic (exact) mass is 456 g/mol. The van der Waals surface area contributed by atoms with Crippen molar-refractivity contribution in [3.8, 4) is 11.5 Å². The minimum atomic E-state index is -0.686. The Morgan fingerprint density at radius 1 is 0.939 bits per heavy atom. The Bertz CT molecular complexity index is 993. The van der Waals surface area contributed by atoms with Gasteiger partial charge in [-0.2, -0.15) is 0 Å². The topological polar surface area (TPSA) is 103 Å². The highest BCUT2D eigenvalue weighted by molar-refractivity contribution is 5.96. The van der Waals surface area contributed by atoms with E-state index in [0.29, 0.717) is 24.0 Å². The number of ether oxygens (including phenoxy) is 3. The minimum absolute atomic E-state index is 0.222. The maximum absolute atomic E-state index is 12.3. The number of hydrogen-bond acceptors (Lipinski definition) is 6. The van der Waals surface area contributed by atoms with E-state index in [1.165, 1.54) is 19.2 Å². The highest BCUT2D eigenvalue weighted by Gasteiger charge is 2.15. The zero-order valence-electron chi connectivity index (χ0n) is 20.0. The Morgan fingerprint density at radius 2 is 1.61 bits per heavy atom. The van der Waals surface area contributed by atoms with Crippen LogP contribution in [0.3, 0.4) is 0 Å². The molecule has 0 aliphatic carbocycles. The van der Waals surface area contributed by atoms with Crippen LogP contribution in [0.25, 0.3) is 0 Å². The number of aryl methyl sites for hydroxylation is 3. The van der Waals surface area contributed by atoms with E-state index in [-0.39, 0.29) is 18.0 Å². The van der Waals surface area contributed by atoms with Crippen molar-refractivity contribution in [3.05, 3.63) is 52.6 Å². The number of benzene rings is 2. The van der Waals surface area contributed by atoms with Gasteiger partial charge in [0, 0.05) is 5.69 Å². The Morgan fingerprint density at radius 3 is 2.21 bits per heavy atom. The summed E-state index contributed by atoms with van der Waals surface area (Å²) in [5.74, 6) is -0.385. The second-order valence-electron chi connectivity index (χ2n) is 8.25. The molecule has 33 heavy (non-hydrogen) atoms. The first-order valence-corrected chi connectivity index (χ1v) is 10.7. The van der Waals surface area contributed by atoms with Gasteiger partial charge in [0.05, 0.1) is 25.8 Å². The van der Waals surface area contributed by atoms with Gasteiger partial charge in [-0.15, -0.1) is 0 Å². The van der Waals surface area contributed by atoms with Gasteiger partial charge in [-0.3, -0.25) is 9.59 Å². The highest BCUT2D eigenvalue weighted by atomic mass is 16.5. The molecule has 0 bridgehead atoms. The van der Waals surface area contributed by atoms with Crippen molar-refractivity contribution in [2.45, 2.75) is 34.6 Å². The largest absolute Gasteiger partial charge is 0.493 e. The van der Waals surface area contributed by atoms with E-state index in [4.69, 9.17) is 14.2 Å². The molecule has 0 aliphatic heterocycles. The van der Waals surface area contributed by atoms with Crippen molar-refractivity contribution in [2.75, 3.05) is 32.2 Å². The molecule has 0 heterocycles. The summed E-state index contributed by atoms with van der Waals surface area (Å²) < 4.78 is 16.0. The molecule has 2 aromatic carbocycles. The van der Waals surface area contributed by atoms with Gasteiger partial charge in [-0.1, -0.05) is 31.5 Å². The molecule has 0 fully saturated rings. The van der Waals surface area contributed by atoms with Gasteiger partial charge in [0.15, 0.2) is 18.1 Å². The number of carbonyl (C=O) groups excluding carboxylic acids is 3. The molecule has 0 saturated carbocycles. The quantitative estimate of drug-likeness (QED) is 0.530. The third-order valence-corrected chi connectivity index (χ3v) is 4.69. The summed E-state index contributed by atoms with van der Waals surface area (Å²) in [7, 11) is 1.48. The molecule has 0 unspecified atom stereocenters. The summed E-state index contributed by atoms with van der Waals surface area (Å²) in [6.45, 7) is 9.61. The van der Waals surface area contributed by atoms with Crippen LogP contribution in [0.15, 0.2) is 30.3 Å². The lowest BCUT2D eigenvalue weighted by molar-refractivity contribution is -0.126. The fourth-order valence-electron chi connectivity index (χ4n) is 3.18. The van der Waals surface area contributed by atoms with E-state index in [0.717, 1.165) is 22.4 Å². The average molecular weight is 457 g/mol. The van der Waals surface area contributed by atoms with Gasteiger partial charge in [0.25, 0.3) is 5.91 Å². The number of esters is 1. The van der Waals surface area contributed by atoms with Crippen molar-refractivity contribution in [2.24, 2.45) is 5.92 Å². The van der Waals surface area contributed by atoms with Gasteiger partial charge >= 0.3 is 5.97 Å². The lowest BCUT2D eigenvalue weighted by Gasteiger charge is -2.14. The van der Waals surface area contributed by atoms with Crippen LogP contribution in [0, 0.1) is 26.7 Å².